The van der Waals surface area contributed by atoms with Crippen molar-refractivity contribution in [2.24, 2.45) is 11.7 Å². The van der Waals surface area contributed by atoms with Gasteiger partial charge in [0.25, 0.3) is 5.91 Å². The molecule has 0 bridgehead atoms. The molecule has 2 rings (SSSR count). The number of nitrogens with two attached hydrogens (primary N) is 1. The molecule has 1 aromatic rings. The maximum Gasteiger partial charge on any atom is 0.273 e. The third-order valence-corrected chi connectivity index (χ3v) is 2.80. The molecule has 1 aromatic heterocycles. The standard InChI is InChI=1S/C11H17N3O3/c1-16-6-8-4-10(14-17-8)11(15)13-5-9(12)7-2-3-7/h4,7,9H,2-3,5-6,12H2,1H3,(H,13,15). The number of carbonyl (C=O) groups excluding carboxylic acids is 1. The van der Waals surface area contributed by atoms with Crippen molar-refractivity contribution in [2.45, 2.75) is 25.5 Å². The van der Waals surface area contributed by atoms with Crippen LogP contribution < -0.4 is 11.1 Å². The van der Waals surface area contributed by atoms with Gasteiger partial charge in [0, 0.05) is 25.8 Å². The lowest BCUT2D eigenvalue weighted by atomic mass is 10.2. The van der Waals surface area contributed by atoms with Crippen molar-refractivity contribution in [3.8, 4) is 0 Å². The van der Waals surface area contributed by atoms with E-state index in [1.54, 1.807) is 13.2 Å². The number of hydrogen-bond donors (Lipinski definition) is 2. The molecule has 1 heterocycles. The summed E-state index contributed by atoms with van der Waals surface area (Å²) in [7, 11) is 1.55. The van der Waals surface area contributed by atoms with Gasteiger partial charge in [0.1, 0.15) is 6.61 Å². The van der Waals surface area contributed by atoms with Gasteiger partial charge in [-0.25, -0.2) is 0 Å². The molecule has 6 nitrogen and oxygen atoms in total. The van der Waals surface area contributed by atoms with E-state index in [1.165, 1.54) is 12.8 Å². The molecule has 17 heavy (non-hydrogen) atoms. The van der Waals surface area contributed by atoms with E-state index in [2.05, 4.69) is 10.5 Å². The summed E-state index contributed by atoms with van der Waals surface area (Å²) < 4.78 is 9.80. The smallest absolute Gasteiger partial charge is 0.273 e. The Labute approximate surface area is 99.5 Å². The van der Waals surface area contributed by atoms with Crippen LogP contribution in [0.2, 0.25) is 0 Å². The van der Waals surface area contributed by atoms with Gasteiger partial charge in [0.2, 0.25) is 0 Å². The van der Waals surface area contributed by atoms with Crippen LogP contribution in [-0.4, -0.2) is 30.8 Å². The van der Waals surface area contributed by atoms with E-state index in [9.17, 15) is 4.79 Å². The van der Waals surface area contributed by atoms with Crippen LogP contribution in [0.5, 0.6) is 0 Å². The van der Waals surface area contributed by atoms with E-state index in [1.807, 2.05) is 0 Å². The maximum atomic E-state index is 11.7. The molecule has 1 atom stereocenters. The van der Waals surface area contributed by atoms with Crippen molar-refractivity contribution in [1.82, 2.24) is 10.5 Å². The predicted octanol–water partition coefficient (Wildman–Crippen LogP) is 0.288. The molecule has 0 spiro atoms. The number of rotatable bonds is 6. The maximum absolute atomic E-state index is 11.7. The molecule has 1 saturated carbocycles. The lowest BCUT2D eigenvalue weighted by molar-refractivity contribution is 0.0940. The molecule has 94 valence electrons. The average molecular weight is 239 g/mol. The summed E-state index contributed by atoms with van der Waals surface area (Å²) >= 11 is 0. The highest BCUT2D eigenvalue weighted by molar-refractivity contribution is 5.92. The largest absolute Gasteiger partial charge is 0.377 e. The van der Waals surface area contributed by atoms with Crippen molar-refractivity contribution in [3.05, 3.63) is 17.5 Å². The summed E-state index contributed by atoms with van der Waals surface area (Å²) in [6.45, 7) is 0.790. The fourth-order valence-electron chi connectivity index (χ4n) is 1.62. The normalized spacial score (nSPS) is 16.8. The van der Waals surface area contributed by atoms with Crippen molar-refractivity contribution in [3.63, 3.8) is 0 Å². The second kappa shape index (κ2) is 5.29. The van der Waals surface area contributed by atoms with E-state index >= 15 is 0 Å². The monoisotopic (exact) mass is 239 g/mol. The summed E-state index contributed by atoms with van der Waals surface area (Å²) in [5.41, 5.74) is 6.14. The molecule has 0 aromatic carbocycles. The first-order chi connectivity index (χ1) is 8.20. The highest BCUT2D eigenvalue weighted by Crippen LogP contribution is 2.31. The van der Waals surface area contributed by atoms with Crippen LogP contribution in [-0.2, 0) is 11.3 Å². The summed E-state index contributed by atoms with van der Waals surface area (Å²) in [5, 5.41) is 6.41. The quantitative estimate of drug-likeness (QED) is 0.744. The average Bonchev–Trinajstić information content (AvgIpc) is 3.07. The van der Waals surface area contributed by atoms with Gasteiger partial charge in [0.05, 0.1) is 0 Å². The number of methoxy groups -OCH3 is 1. The van der Waals surface area contributed by atoms with Crippen molar-refractivity contribution in [1.29, 1.82) is 0 Å². The number of amides is 1. The molecule has 1 amide bonds. The Balaban J connectivity index is 1.81. The molecule has 0 saturated heterocycles. The van der Waals surface area contributed by atoms with Crippen LogP contribution in [0.3, 0.4) is 0 Å². The van der Waals surface area contributed by atoms with E-state index in [-0.39, 0.29) is 17.6 Å². The van der Waals surface area contributed by atoms with E-state index < -0.39 is 0 Å². The predicted molar refractivity (Wildman–Crippen MR) is 60.2 cm³/mol. The molecular formula is C11H17N3O3. The van der Waals surface area contributed by atoms with E-state index in [0.29, 0.717) is 24.8 Å². The van der Waals surface area contributed by atoms with Crippen LogP contribution in [0.1, 0.15) is 29.1 Å². The second-order valence-electron chi connectivity index (χ2n) is 4.32. The Hall–Kier alpha value is -1.40. The number of carbonyl (C=O) groups is 1. The van der Waals surface area contributed by atoms with Crippen molar-refractivity contribution < 1.29 is 14.1 Å². The van der Waals surface area contributed by atoms with Gasteiger partial charge in [-0.05, 0) is 18.8 Å². The zero-order chi connectivity index (χ0) is 12.3. The summed E-state index contributed by atoms with van der Waals surface area (Å²) in [5.74, 6) is 0.841. The Morgan fingerprint density at radius 1 is 1.76 bits per heavy atom. The van der Waals surface area contributed by atoms with Gasteiger partial charge >= 0.3 is 0 Å². The molecule has 6 heteroatoms. The van der Waals surface area contributed by atoms with Gasteiger partial charge < -0.3 is 20.3 Å². The first kappa shape index (κ1) is 12.1. The lowest BCUT2D eigenvalue weighted by Crippen LogP contribution is -2.38. The highest BCUT2D eigenvalue weighted by atomic mass is 16.5. The fourth-order valence-corrected chi connectivity index (χ4v) is 1.62. The molecular weight excluding hydrogens is 222 g/mol. The van der Waals surface area contributed by atoms with Gasteiger partial charge in [-0.3, -0.25) is 4.79 Å². The summed E-state index contributed by atoms with van der Waals surface area (Å²) in [6, 6.07) is 1.62. The summed E-state index contributed by atoms with van der Waals surface area (Å²) in [6.07, 6.45) is 2.33. The zero-order valence-electron chi connectivity index (χ0n) is 9.81. The van der Waals surface area contributed by atoms with Crippen LogP contribution in [0.15, 0.2) is 10.6 Å². The lowest BCUT2D eigenvalue weighted by Gasteiger charge is -2.09. The highest BCUT2D eigenvalue weighted by Gasteiger charge is 2.28. The van der Waals surface area contributed by atoms with E-state index in [0.717, 1.165) is 0 Å². The van der Waals surface area contributed by atoms with Gasteiger partial charge in [0.15, 0.2) is 11.5 Å². The third-order valence-electron chi connectivity index (χ3n) is 2.80. The molecule has 1 fully saturated rings. The Morgan fingerprint density at radius 3 is 3.18 bits per heavy atom. The topological polar surface area (TPSA) is 90.4 Å². The SMILES string of the molecule is COCc1cc(C(=O)NCC(N)C2CC2)no1. The fraction of sp³-hybridized carbons (Fsp3) is 0.636. The number of ether oxygens (including phenoxy) is 1. The Morgan fingerprint density at radius 2 is 2.53 bits per heavy atom. The molecule has 0 radical (unpaired) electrons. The minimum Gasteiger partial charge on any atom is -0.377 e. The van der Waals surface area contributed by atoms with Crippen molar-refractivity contribution >= 4 is 5.91 Å². The molecule has 0 aliphatic heterocycles. The van der Waals surface area contributed by atoms with Crippen LogP contribution in [0.25, 0.3) is 0 Å². The first-order valence-electron chi connectivity index (χ1n) is 5.69. The molecule has 1 aliphatic rings. The summed E-state index contributed by atoms with van der Waals surface area (Å²) in [4.78, 5) is 11.7. The number of nitrogens with zero attached hydrogens (tertiary/aromatic N) is 1. The van der Waals surface area contributed by atoms with Crippen LogP contribution in [0.4, 0.5) is 0 Å². The molecule has 3 N–H and O–H groups in total. The minimum absolute atomic E-state index is 0.0456. The number of hydrogen-bond acceptors (Lipinski definition) is 5. The third kappa shape index (κ3) is 3.28. The molecule has 1 unspecified atom stereocenters. The minimum atomic E-state index is -0.257. The first-order valence-corrected chi connectivity index (χ1v) is 5.69. The zero-order valence-corrected chi connectivity index (χ0v) is 9.81. The second-order valence-corrected chi connectivity index (χ2v) is 4.32. The van der Waals surface area contributed by atoms with Gasteiger partial charge in [-0.2, -0.15) is 0 Å². The van der Waals surface area contributed by atoms with E-state index in [4.69, 9.17) is 15.0 Å². The number of nitrogens with one attached hydrogen (secondary N) is 1. The number of aromatic nitrogens is 1. The Bertz CT molecular complexity index is 387. The van der Waals surface area contributed by atoms with Crippen molar-refractivity contribution in [2.75, 3.05) is 13.7 Å². The van der Waals surface area contributed by atoms with Gasteiger partial charge in [-0.15, -0.1) is 0 Å². The molecule has 1 aliphatic carbocycles. The van der Waals surface area contributed by atoms with Gasteiger partial charge in [-0.1, -0.05) is 5.16 Å². The van der Waals surface area contributed by atoms with Crippen LogP contribution in [0, 0.1) is 5.92 Å². The van der Waals surface area contributed by atoms with Crippen LogP contribution >= 0.6 is 0 Å². The Kier molecular flexibility index (Phi) is 3.75.